The van der Waals surface area contributed by atoms with E-state index in [0.29, 0.717) is 56.2 Å². The van der Waals surface area contributed by atoms with Crippen LogP contribution in [0.3, 0.4) is 0 Å². The molecule has 1 aliphatic rings. The van der Waals surface area contributed by atoms with Gasteiger partial charge in [-0.3, -0.25) is 9.48 Å². The Morgan fingerprint density at radius 2 is 1.50 bits per heavy atom. The Kier molecular flexibility index (Phi) is 11.6. The Bertz CT molecular complexity index is 1500. The lowest BCUT2D eigenvalue weighted by Crippen LogP contribution is -2.57. The number of ether oxygens (including phenoxy) is 1. The molecule has 48 heavy (non-hydrogen) atoms. The van der Waals surface area contributed by atoms with Gasteiger partial charge in [-0.05, 0) is 62.3 Å². The highest BCUT2D eigenvalue weighted by Crippen LogP contribution is 2.38. The number of benzene rings is 1. The van der Waals surface area contributed by atoms with Gasteiger partial charge in [0.1, 0.15) is 0 Å². The normalized spacial score (nSPS) is 18.5. The van der Waals surface area contributed by atoms with Gasteiger partial charge in [0.15, 0.2) is 0 Å². The second kappa shape index (κ2) is 15.2. The summed E-state index contributed by atoms with van der Waals surface area (Å²) in [6, 6.07) is 0.377. The molecule has 1 unspecified atom stereocenters. The summed E-state index contributed by atoms with van der Waals surface area (Å²) in [7, 11) is 1.74. The molecular formula is C32H39F6N7O3. The number of alkyl halides is 6. The number of aromatic nitrogens is 4. The molecule has 1 saturated heterocycles. The number of nitrogens with two attached hydrogens (primary N) is 1. The van der Waals surface area contributed by atoms with Crippen LogP contribution < -0.4 is 10.6 Å². The lowest BCUT2D eigenvalue weighted by molar-refractivity contribution is -0.143. The topological polar surface area (TPSA) is 119 Å². The average molecular weight is 684 g/mol. The van der Waals surface area contributed by atoms with Crippen LogP contribution in [0.5, 0.6) is 0 Å². The molecule has 4 rings (SSSR count). The van der Waals surface area contributed by atoms with E-state index in [2.05, 4.69) is 15.1 Å². The summed E-state index contributed by atoms with van der Waals surface area (Å²) >= 11 is 0. The second-order valence-corrected chi connectivity index (χ2v) is 11.9. The number of piperidine rings is 1. The first kappa shape index (κ1) is 36.5. The quantitative estimate of drug-likeness (QED) is 0.166. The van der Waals surface area contributed by atoms with Crippen LogP contribution in [0.15, 0.2) is 43.0 Å². The SMILES string of the molecule is CC[C@@H]1CC(N(Cc2cc(C(F)(F)F)cc(C(F)(F)F)c2)c2ncc(-c3cnn(C)c3)cn2)C[C@H](CC)N1C(=O)OCCCCC(N)=O. The zero-order valence-electron chi connectivity index (χ0n) is 26.9. The summed E-state index contributed by atoms with van der Waals surface area (Å²) in [6.07, 6.45) is -1.32. The number of rotatable bonds is 12. The molecule has 2 amide bonds. The number of aryl methyl sites for hydroxylation is 1. The highest BCUT2D eigenvalue weighted by molar-refractivity contribution is 5.73. The van der Waals surface area contributed by atoms with Crippen LogP contribution in [0.2, 0.25) is 0 Å². The van der Waals surface area contributed by atoms with Crippen molar-refractivity contribution in [2.45, 2.75) is 95.8 Å². The van der Waals surface area contributed by atoms with Gasteiger partial charge in [-0.2, -0.15) is 31.4 Å². The summed E-state index contributed by atoms with van der Waals surface area (Å²) in [5, 5.41) is 4.13. The van der Waals surface area contributed by atoms with Gasteiger partial charge < -0.3 is 20.3 Å². The van der Waals surface area contributed by atoms with E-state index in [1.54, 1.807) is 33.9 Å². The number of carbonyl (C=O) groups is 2. The Morgan fingerprint density at radius 3 is 1.98 bits per heavy atom. The van der Waals surface area contributed by atoms with Gasteiger partial charge >= 0.3 is 18.4 Å². The van der Waals surface area contributed by atoms with Crippen LogP contribution in [-0.2, 0) is 35.5 Å². The standard InChI is InChI=1S/C32H39F6N7O3/c1-4-25-13-27(14-26(5-2)45(25)30(47)48-9-7-6-8-28(39)46)44(29-40-15-21(16-41-29)22-17-42-43(3)19-22)18-20-10-23(31(33,34)35)12-24(11-20)32(36,37)38/h10-12,15-17,19,25-27H,4-9,13-14,18H2,1-3H3,(H2,39,46)/t25-,26+,27?. The summed E-state index contributed by atoms with van der Waals surface area (Å²) < 4.78 is 89.7. The molecule has 2 N–H and O–H groups in total. The number of unbranched alkanes of at least 4 members (excludes halogenated alkanes) is 1. The van der Waals surface area contributed by atoms with Crippen molar-refractivity contribution in [3.8, 4) is 11.1 Å². The van der Waals surface area contributed by atoms with Crippen molar-refractivity contribution in [3.63, 3.8) is 0 Å². The van der Waals surface area contributed by atoms with Crippen molar-refractivity contribution >= 4 is 17.9 Å². The third-order valence-electron chi connectivity index (χ3n) is 8.45. The lowest BCUT2D eigenvalue weighted by Gasteiger charge is -2.47. The van der Waals surface area contributed by atoms with Crippen molar-refractivity contribution in [1.82, 2.24) is 24.6 Å². The van der Waals surface area contributed by atoms with Crippen molar-refractivity contribution in [2.75, 3.05) is 11.5 Å². The van der Waals surface area contributed by atoms with E-state index < -0.39 is 41.5 Å². The first-order chi connectivity index (χ1) is 22.6. The van der Waals surface area contributed by atoms with E-state index in [4.69, 9.17) is 10.5 Å². The number of anilines is 1. The molecule has 1 aromatic carbocycles. The number of carbonyl (C=O) groups excluding carboxylic acids is 2. The third kappa shape index (κ3) is 9.16. The summed E-state index contributed by atoms with van der Waals surface area (Å²) in [5.41, 5.74) is 3.48. The van der Waals surface area contributed by atoms with Crippen LogP contribution in [0, 0.1) is 0 Å². The maximum atomic E-state index is 13.8. The number of amides is 2. The number of primary amides is 1. The Morgan fingerprint density at radius 1 is 0.917 bits per heavy atom. The van der Waals surface area contributed by atoms with Gasteiger partial charge in [0.2, 0.25) is 11.9 Å². The van der Waals surface area contributed by atoms with Crippen LogP contribution in [0.25, 0.3) is 11.1 Å². The molecule has 16 heteroatoms. The van der Waals surface area contributed by atoms with Gasteiger partial charge in [0, 0.05) is 67.9 Å². The van der Waals surface area contributed by atoms with Crippen molar-refractivity contribution in [3.05, 3.63) is 59.7 Å². The average Bonchev–Trinajstić information content (AvgIpc) is 3.47. The van der Waals surface area contributed by atoms with Gasteiger partial charge in [-0.1, -0.05) is 13.8 Å². The molecule has 0 radical (unpaired) electrons. The highest BCUT2D eigenvalue weighted by Gasteiger charge is 2.41. The number of nitrogens with zero attached hydrogens (tertiary/aromatic N) is 6. The van der Waals surface area contributed by atoms with Crippen LogP contribution >= 0.6 is 0 Å². The molecule has 2 aromatic heterocycles. The number of hydrogen-bond donors (Lipinski definition) is 1. The predicted octanol–water partition coefficient (Wildman–Crippen LogP) is 6.74. The Balaban J connectivity index is 1.67. The highest BCUT2D eigenvalue weighted by atomic mass is 19.4. The number of likely N-dealkylation sites (tertiary alicyclic amines) is 1. The first-order valence-electron chi connectivity index (χ1n) is 15.7. The molecule has 262 valence electrons. The molecule has 3 aromatic rings. The maximum Gasteiger partial charge on any atom is 0.416 e. The molecule has 0 spiro atoms. The van der Waals surface area contributed by atoms with E-state index in [0.717, 1.165) is 5.56 Å². The minimum absolute atomic E-state index is 0.0965. The molecule has 0 saturated carbocycles. The zero-order chi connectivity index (χ0) is 35.2. The van der Waals surface area contributed by atoms with Crippen LogP contribution in [0.4, 0.5) is 37.1 Å². The smallest absolute Gasteiger partial charge is 0.416 e. The minimum atomic E-state index is -5.01. The van der Waals surface area contributed by atoms with E-state index in [1.165, 1.54) is 12.4 Å². The number of hydrogen-bond acceptors (Lipinski definition) is 7. The van der Waals surface area contributed by atoms with Crippen LogP contribution in [0.1, 0.15) is 75.5 Å². The fourth-order valence-corrected chi connectivity index (χ4v) is 6.02. The molecule has 10 nitrogen and oxygen atoms in total. The number of halogens is 6. The molecule has 1 aliphatic heterocycles. The van der Waals surface area contributed by atoms with E-state index >= 15 is 0 Å². The zero-order valence-corrected chi connectivity index (χ0v) is 26.9. The van der Waals surface area contributed by atoms with Crippen LogP contribution in [-0.4, -0.2) is 61.4 Å². The predicted molar refractivity (Wildman–Crippen MR) is 164 cm³/mol. The molecule has 0 aliphatic carbocycles. The lowest BCUT2D eigenvalue weighted by atomic mass is 9.87. The third-order valence-corrected chi connectivity index (χ3v) is 8.45. The van der Waals surface area contributed by atoms with Gasteiger partial charge in [0.05, 0.1) is 23.9 Å². The fraction of sp³-hybridized carbons (Fsp3) is 0.531. The molecular weight excluding hydrogens is 644 g/mol. The van der Waals surface area contributed by atoms with E-state index in [9.17, 15) is 35.9 Å². The Labute approximate surface area is 274 Å². The van der Waals surface area contributed by atoms with Crippen molar-refractivity contribution in [2.24, 2.45) is 12.8 Å². The van der Waals surface area contributed by atoms with E-state index in [1.807, 2.05) is 13.8 Å². The first-order valence-corrected chi connectivity index (χ1v) is 15.7. The van der Waals surface area contributed by atoms with E-state index in [-0.39, 0.29) is 49.2 Å². The van der Waals surface area contributed by atoms with Gasteiger partial charge in [-0.25, -0.2) is 14.8 Å². The van der Waals surface area contributed by atoms with Crippen molar-refractivity contribution in [1.29, 1.82) is 0 Å². The molecule has 3 atom stereocenters. The second-order valence-electron chi connectivity index (χ2n) is 11.9. The molecule has 3 heterocycles. The summed E-state index contributed by atoms with van der Waals surface area (Å²) in [5.74, 6) is -0.325. The Hall–Kier alpha value is -4.37. The molecule has 1 fully saturated rings. The maximum absolute atomic E-state index is 13.8. The summed E-state index contributed by atoms with van der Waals surface area (Å²) in [4.78, 5) is 36.6. The van der Waals surface area contributed by atoms with Gasteiger partial charge in [0.25, 0.3) is 0 Å². The largest absolute Gasteiger partial charge is 0.449 e. The van der Waals surface area contributed by atoms with Gasteiger partial charge in [-0.15, -0.1) is 0 Å². The summed E-state index contributed by atoms with van der Waals surface area (Å²) in [6.45, 7) is 3.53. The monoisotopic (exact) mass is 683 g/mol. The fourth-order valence-electron chi connectivity index (χ4n) is 6.02. The van der Waals surface area contributed by atoms with Crippen molar-refractivity contribution < 1.29 is 40.7 Å². The minimum Gasteiger partial charge on any atom is -0.449 e. The molecule has 0 bridgehead atoms.